The highest BCUT2D eigenvalue weighted by Gasteiger charge is 2.26. The summed E-state index contributed by atoms with van der Waals surface area (Å²) in [5, 5.41) is 0. The molecule has 0 unspecified atom stereocenters. The lowest BCUT2D eigenvalue weighted by Gasteiger charge is -2.25. The van der Waals surface area contributed by atoms with E-state index in [1.165, 1.54) is 62.1 Å². The fourth-order valence-electron chi connectivity index (χ4n) is 5.82. The molecule has 1 fully saturated rings. The third-order valence-corrected chi connectivity index (χ3v) is 8.80. The number of rotatable bonds is 7. The highest BCUT2D eigenvalue weighted by atomic mass is 15.2. The molecule has 4 aromatic rings. The van der Waals surface area contributed by atoms with Crippen LogP contribution in [0.15, 0.2) is 60.9 Å². The first-order chi connectivity index (χ1) is 18.7. The summed E-state index contributed by atoms with van der Waals surface area (Å²) in [6.07, 6.45) is 5.12. The summed E-state index contributed by atoms with van der Waals surface area (Å²) in [5.41, 5.74) is 15.2. The lowest BCUT2D eigenvalue weighted by Crippen LogP contribution is -2.34. The van der Waals surface area contributed by atoms with Crippen molar-refractivity contribution in [2.24, 2.45) is 0 Å². The van der Waals surface area contributed by atoms with Gasteiger partial charge in [0.25, 0.3) is 0 Å². The quantitative estimate of drug-likeness (QED) is 0.256. The van der Waals surface area contributed by atoms with Crippen LogP contribution in [0.3, 0.4) is 0 Å². The van der Waals surface area contributed by atoms with E-state index in [2.05, 4.69) is 107 Å². The standard InChI is InChI=1S/C35H42N4/c1-23-14-31(15-24(2)27(23)5)34-18-29(8-11-36-34)20-38(7)33-10-13-39(22-33)21-30-9-12-37-35(19-30)32-16-25(3)28(6)26(4)17-32/h8-9,11-12,14-19,33H,10,13,20-22H2,1-7H3/t33-/m0/s1. The van der Waals surface area contributed by atoms with Crippen LogP contribution in [0.2, 0.25) is 0 Å². The van der Waals surface area contributed by atoms with E-state index in [1.807, 2.05) is 12.4 Å². The first-order valence-corrected chi connectivity index (χ1v) is 14.2. The Hall–Kier alpha value is -3.34. The fourth-order valence-corrected chi connectivity index (χ4v) is 5.82. The molecule has 2 aromatic heterocycles. The summed E-state index contributed by atoms with van der Waals surface area (Å²) in [6, 6.07) is 18.5. The van der Waals surface area contributed by atoms with Crippen LogP contribution in [-0.4, -0.2) is 45.9 Å². The van der Waals surface area contributed by atoms with Gasteiger partial charge in [-0.05, 0) is 148 Å². The van der Waals surface area contributed by atoms with Crippen molar-refractivity contribution in [2.45, 2.75) is 67.1 Å². The summed E-state index contributed by atoms with van der Waals surface area (Å²) in [5.74, 6) is 0. The zero-order chi connectivity index (χ0) is 27.7. The molecule has 1 aliphatic rings. The summed E-state index contributed by atoms with van der Waals surface area (Å²) in [4.78, 5) is 14.5. The Morgan fingerprint density at radius 3 is 1.74 bits per heavy atom. The Balaban J connectivity index is 1.22. The molecule has 2 aromatic carbocycles. The van der Waals surface area contributed by atoms with E-state index in [1.54, 1.807) is 0 Å². The van der Waals surface area contributed by atoms with E-state index in [9.17, 15) is 0 Å². The van der Waals surface area contributed by atoms with Gasteiger partial charge in [0.15, 0.2) is 0 Å². The summed E-state index contributed by atoms with van der Waals surface area (Å²) in [6.45, 7) is 17.2. The van der Waals surface area contributed by atoms with Crippen molar-refractivity contribution >= 4 is 0 Å². The molecule has 0 radical (unpaired) electrons. The average Bonchev–Trinajstić information content (AvgIpc) is 3.39. The van der Waals surface area contributed by atoms with Crippen LogP contribution in [0.5, 0.6) is 0 Å². The van der Waals surface area contributed by atoms with Gasteiger partial charge in [0, 0.05) is 55.7 Å². The smallest absolute Gasteiger partial charge is 0.0705 e. The van der Waals surface area contributed by atoms with E-state index < -0.39 is 0 Å². The van der Waals surface area contributed by atoms with Crippen molar-refractivity contribution < 1.29 is 0 Å². The molecular weight excluding hydrogens is 476 g/mol. The van der Waals surface area contributed by atoms with Crippen LogP contribution in [0.1, 0.15) is 50.9 Å². The summed E-state index contributed by atoms with van der Waals surface area (Å²) < 4.78 is 0. The molecule has 1 aliphatic heterocycles. The molecule has 0 spiro atoms. The predicted molar refractivity (Wildman–Crippen MR) is 163 cm³/mol. The maximum atomic E-state index is 4.70. The van der Waals surface area contributed by atoms with Crippen molar-refractivity contribution in [3.63, 3.8) is 0 Å². The van der Waals surface area contributed by atoms with Gasteiger partial charge < -0.3 is 0 Å². The molecule has 39 heavy (non-hydrogen) atoms. The number of benzene rings is 2. The second kappa shape index (κ2) is 11.4. The molecule has 1 saturated heterocycles. The summed E-state index contributed by atoms with van der Waals surface area (Å²) >= 11 is 0. The topological polar surface area (TPSA) is 32.3 Å². The van der Waals surface area contributed by atoms with Crippen LogP contribution in [0.25, 0.3) is 22.5 Å². The van der Waals surface area contributed by atoms with Gasteiger partial charge in [-0.25, -0.2) is 0 Å². The maximum absolute atomic E-state index is 4.70. The first kappa shape index (κ1) is 27.2. The third-order valence-electron chi connectivity index (χ3n) is 8.80. The molecule has 0 aliphatic carbocycles. The zero-order valence-corrected chi connectivity index (χ0v) is 24.7. The van der Waals surface area contributed by atoms with Crippen LogP contribution >= 0.6 is 0 Å². The van der Waals surface area contributed by atoms with Gasteiger partial charge in [0.05, 0.1) is 11.4 Å². The zero-order valence-electron chi connectivity index (χ0n) is 24.7. The van der Waals surface area contributed by atoms with Crippen LogP contribution in [-0.2, 0) is 13.1 Å². The van der Waals surface area contributed by atoms with Gasteiger partial charge in [-0.15, -0.1) is 0 Å². The average molecular weight is 519 g/mol. The van der Waals surface area contributed by atoms with Crippen LogP contribution < -0.4 is 0 Å². The minimum Gasteiger partial charge on any atom is -0.298 e. The molecule has 0 amide bonds. The van der Waals surface area contributed by atoms with Gasteiger partial charge in [-0.3, -0.25) is 19.8 Å². The van der Waals surface area contributed by atoms with Crippen molar-refractivity contribution in [1.29, 1.82) is 0 Å². The summed E-state index contributed by atoms with van der Waals surface area (Å²) in [7, 11) is 2.26. The van der Waals surface area contributed by atoms with Crippen molar-refractivity contribution in [2.75, 3.05) is 20.1 Å². The molecule has 4 nitrogen and oxygen atoms in total. The number of likely N-dealkylation sites (N-methyl/N-ethyl adjacent to an activating group) is 1. The molecule has 0 bridgehead atoms. The number of nitrogens with zero attached hydrogens (tertiary/aromatic N) is 4. The van der Waals surface area contributed by atoms with Gasteiger partial charge in [-0.2, -0.15) is 0 Å². The Morgan fingerprint density at radius 2 is 1.21 bits per heavy atom. The number of aryl methyl sites for hydroxylation is 4. The third kappa shape index (κ3) is 6.13. The predicted octanol–water partition coefficient (Wildman–Crippen LogP) is 7.37. The normalized spacial score (nSPS) is 15.8. The minimum atomic E-state index is 0.550. The Bertz CT molecular complexity index is 1440. The van der Waals surface area contributed by atoms with E-state index >= 15 is 0 Å². The van der Waals surface area contributed by atoms with E-state index in [0.29, 0.717) is 6.04 Å². The van der Waals surface area contributed by atoms with Crippen molar-refractivity contribution in [1.82, 2.24) is 19.8 Å². The molecule has 3 heterocycles. The number of hydrogen-bond donors (Lipinski definition) is 0. The molecule has 0 saturated carbocycles. The lowest BCUT2D eigenvalue weighted by molar-refractivity contribution is 0.222. The number of pyridine rings is 2. The molecular formula is C35H42N4. The van der Waals surface area contributed by atoms with Crippen LogP contribution in [0.4, 0.5) is 0 Å². The van der Waals surface area contributed by atoms with Crippen LogP contribution in [0, 0.1) is 41.5 Å². The van der Waals surface area contributed by atoms with Gasteiger partial charge >= 0.3 is 0 Å². The fraction of sp³-hybridized carbons (Fsp3) is 0.371. The second-order valence-corrected chi connectivity index (χ2v) is 11.7. The molecule has 1 atom stereocenters. The Labute approximate surface area is 234 Å². The van der Waals surface area contributed by atoms with Crippen molar-refractivity contribution in [3.8, 4) is 22.5 Å². The van der Waals surface area contributed by atoms with E-state index in [4.69, 9.17) is 9.97 Å². The first-order valence-electron chi connectivity index (χ1n) is 14.2. The maximum Gasteiger partial charge on any atom is 0.0705 e. The SMILES string of the molecule is Cc1cc(-c2cc(CN3CC[C@H](N(C)Cc4ccnc(-c5cc(C)c(C)c(C)c5)c4)C3)ccn2)cc(C)c1C. The largest absolute Gasteiger partial charge is 0.298 e. The molecule has 0 N–H and O–H groups in total. The van der Waals surface area contributed by atoms with E-state index in [0.717, 1.165) is 37.6 Å². The van der Waals surface area contributed by atoms with E-state index in [-0.39, 0.29) is 0 Å². The Kier molecular flexibility index (Phi) is 7.97. The minimum absolute atomic E-state index is 0.550. The van der Waals surface area contributed by atoms with Gasteiger partial charge in [0.2, 0.25) is 0 Å². The number of hydrogen-bond acceptors (Lipinski definition) is 4. The number of aromatic nitrogens is 2. The monoisotopic (exact) mass is 518 g/mol. The van der Waals surface area contributed by atoms with Gasteiger partial charge in [-0.1, -0.05) is 0 Å². The molecule has 202 valence electrons. The molecule has 5 rings (SSSR count). The highest BCUT2D eigenvalue weighted by Crippen LogP contribution is 2.27. The Morgan fingerprint density at radius 1 is 0.718 bits per heavy atom. The van der Waals surface area contributed by atoms with Crippen molar-refractivity contribution in [3.05, 3.63) is 105 Å². The number of likely N-dealkylation sites (tertiary alicyclic amines) is 1. The lowest BCUT2D eigenvalue weighted by atomic mass is 9.98. The highest BCUT2D eigenvalue weighted by molar-refractivity contribution is 5.64. The van der Waals surface area contributed by atoms with Gasteiger partial charge in [0.1, 0.15) is 0 Å². The second-order valence-electron chi connectivity index (χ2n) is 11.7. The molecule has 4 heteroatoms.